The van der Waals surface area contributed by atoms with E-state index in [4.69, 9.17) is 4.74 Å². The first kappa shape index (κ1) is 11.1. The first-order valence-electron chi connectivity index (χ1n) is 4.60. The fourth-order valence-corrected chi connectivity index (χ4v) is 1.90. The second kappa shape index (κ2) is 4.65. The zero-order chi connectivity index (χ0) is 11.5. The minimum absolute atomic E-state index is 0.335. The van der Waals surface area contributed by atoms with Gasteiger partial charge in [0.25, 0.3) is 0 Å². The van der Waals surface area contributed by atoms with Crippen LogP contribution in [0.3, 0.4) is 0 Å². The molecular weight excluding hydrogens is 319 g/mol. The van der Waals surface area contributed by atoms with Gasteiger partial charge in [-0.15, -0.1) is 0 Å². The molecule has 0 aliphatic rings. The number of carbonyl (C=O) groups is 1. The number of benzene rings is 1. The average Bonchev–Trinajstić information content (AvgIpc) is 2.82. The maximum absolute atomic E-state index is 11.5. The molecule has 2 rings (SSSR count). The highest BCUT2D eigenvalue weighted by atomic mass is 127. The summed E-state index contributed by atoms with van der Waals surface area (Å²) in [7, 11) is 1.37. The van der Waals surface area contributed by atoms with Crippen LogP contribution in [0.4, 0.5) is 0 Å². The van der Waals surface area contributed by atoms with Crippen LogP contribution in [0.1, 0.15) is 10.4 Å². The fourth-order valence-electron chi connectivity index (χ4n) is 1.34. The monoisotopic (exact) mass is 328 g/mol. The zero-order valence-corrected chi connectivity index (χ0v) is 10.7. The van der Waals surface area contributed by atoms with Crippen molar-refractivity contribution in [2.75, 3.05) is 7.11 Å². The van der Waals surface area contributed by atoms with Gasteiger partial charge >= 0.3 is 5.97 Å². The van der Waals surface area contributed by atoms with Gasteiger partial charge in [0.05, 0.1) is 18.4 Å². The van der Waals surface area contributed by atoms with Gasteiger partial charge in [-0.3, -0.25) is 0 Å². The van der Waals surface area contributed by atoms with Crippen molar-refractivity contribution in [2.24, 2.45) is 0 Å². The van der Waals surface area contributed by atoms with Gasteiger partial charge in [0.1, 0.15) is 0 Å². The van der Waals surface area contributed by atoms with Gasteiger partial charge in [-0.25, -0.2) is 9.48 Å². The number of aromatic nitrogens is 2. The predicted octanol–water partition coefficient (Wildman–Crippen LogP) is 2.26. The molecule has 0 fully saturated rings. The Labute approximate surface area is 106 Å². The van der Waals surface area contributed by atoms with Gasteiger partial charge in [-0.1, -0.05) is 0 Å². The van der Waals surface area contributed by atoms with Gasteiger partial charge in [-0.2, -0.15) is 5.10 Å². The molecule has 0 amide bonds. The number of methoxy groups -OCH3 is 1. The molecule has 0 spiro atoms. The Morgan fingerprint density at radius 2 is 2.31 bits per heavy atom. The SMILES string of the molecule is COC(=O)c1cc(-n2cccn2)ccc1I. The summed E-state index contributed by atoms with van der Waals surface area (Å²) >= 11 is 2.10. The summed E-state index contributed by atoms with van der Waals surface area (Å²) in [6, 6.07) is 7.36. The number of nitrogens with zero attached hydrogens (tertiary/aromatic N) is 2. The van der Waals surface area contributed by atoms with E-state index in [1.54, 1.807) is 16.9 Å². The Kier molecular flexibility index (Phi) is 3.23. The van der Waals surface area contributed by atoms with Gasteiger partial charge in [0.15, 0.2) is 0 Å². The van der Waals surface area contributed by atoms with Crippen LogP contribution in [0.5, 0.6) is 0 Å². The highest BCUT2D eigenvalue weighted by Crippen LogP contribution is 2.17. The molecule has 2 aromatic rings. The van der Waals surface area contributed by atoms with E-state index < -0.39 is 0 Å². The number of esters is 1. The maximum atomic E-state index is 11.5. The molecule has 0 aliphatic heterocycles. The Morgan fingerprint density at radius 1 is 1.50 bits per heavy atom. The lowest BCUT2D eigenvalue weighted by molar-refractivity contribution is 0.0599. The minimum atomic E-state index is -0.335. The number of rotatable bonds is 2. The van der Waals surface area contributed by atoms with Crippen LogP contribution in [0, 0.1) is 3.57 Å². The first-order chi connectivity index (χ1) is 7.72. The van der Waals surface area contributed by atoms with Crippen molar-refractivity contribution in [3.05, 3.63) is 45.8 Å². The number of hydrogen-bond acceptors (Lipinski definition) is 3. The van der Waals surface area contributed by atoms with Crippen molar-refractivity contribution in [3.63, 3.8) is 0 Å². The molecule has 0 aliphatic carbocycles. The van der Waals surface area contributed by atoms with Crippen LogP contribution in [0.25, 0.3) is 5.69 Å². The molecule has 0 radical (unpaired) electrons. The summed E-state index contributed by atoms with van der Waals surface area (Å²) in [6.45, 7) is 0. The fraction of sp³-hybridized carbons (Fsp3) is 0.0909. The zero-order valence-electron chi connectivity index (χ0n) is 8.55. The molecule has 0 bridgehead atoms. The third-order valence-electron chi connectivity index (χ3n) is 2.12. The summed E-state index contributed by atoms with van der Waals surface area (Å²) in [5.41, 5.74) is 1.39. The molecular formula is C11H9IN2O2. The molecule has 0 saturated heterocycles. The van der Waals surface area contributed by atoms with E-state index in [0.29, 0.717) is 5.56 Å². The van der Waals surface area contributed by atoms with Gasteiger partial charge in [0, 0.05) is 16.0 Å². The second-order valence-corrected chi connectivity index (χ2v) is 4.27. The summed E-state index contributed by atoms with van der Waals surface area (Å²) in [6.07, 6.45) is 3.51. The van der Waals surface area contributed by atoms with Crippen molar-refractivity contribution < 1.29 is 9.53 Å². The summed E-state index contributed by atoms with van der Waals surface area (Å²) in [5.74, 6) is -0.335. The Balaban J connectivity index is 2.47. The molecule has 0 unspecified atom stereocenters. The molecule has 0 saturated carbocycles. The lowest BCUT2D eigenvalue weighted by Crippen LogP contribution is -2.05. The van der Waals surface area contributed by atoms with E-state index in [9.17, 15) is 4.79 Å². The number of carbonyl (C=O) groups excluding carboxylic acids is 1. The van der Waals surface area contributed by atoms with E-state index in [1.165, 1.54) is 7.11 Å². The normalized spacial score (nSPS) is 10.1. The van der Waals surface area contributed by atoms with Gasteiger partial charge in [-0.05, 0) is 46.9 Å². The van der Waals surface area contributed by atoms with Crippen LogP contribution in [0.2, 0.25) is 0 Å². The largest absolute Gasteiger partial charge is 0.465 e. The molecule has 1 aromatic carbocycles. The molecule has 0 atom stereocenters. The molecule has 82 valence electrons. The summed E-state index contributed by atoms with van der Waals surface area (Å²) in [5, 5.41) is 4.10. The molecule has 5 heteroatoms. The molecule has 16 heavy (non-hydrogen) atoms. The van der Waals surface area contributed by atoms with Gasteiger partial charge < -0.3 is 4.74 Å². The van der Waals surface area contributed by atoms with Crippen LogP contribution in [-0.2, 0) is 4.74 Å². The standard InChI is InChI=1S/C11H9IN2O2/c1-16-11(15)9-7-8(3-4-10(9)12)14-6-2-5-13-14/h2-7H,1H3. The Bertz CT molecular complexity index is 509. The summed E-state index contributed by atoms with van der Waals surface area (Å²) in [4.78, 5) is 11.5. The number of ether oxygens (including phenoxy) is 1. The summed E-state index contributed by atoms with van der Waals surface area (Å²) < 4.78 is 7.27. The Hall–Kier alpha value is -1.37. The lowest BCUT2D eigenvalue weighted by Gasteiger charge is -2.06. The number of hydrogen-bond donors (Lipinski definition) is 0. The minimum Gasteiger partial charge on any atom is -0.465 e. The highest BCUT2D eigenvalue weighted by molar-refractivity contribution is 14.1. The predicted molar refractivity (Wildman–Crippen MR) is 67.6 cm³/mol. The second-order valence-electron chi connectivity index (χ2n) is 3.11. The third kappa shape index (κ3) is 2.08. The smallest absolute Gasteiger partial charge is 0.339 e. The molecule has 1 aromatic heterocycles. The van der Waals surface area contributed by atoms with Crippen molar-refractivity contribution in [1.29, 1.82) is 0 Å². The third-order valence-corrected chi connectivity index (χ3v) is 3.06. The van der Waals surface area contributed by atoms with E-state index in [-0.39, 0.29) is 5.97 Å². The van der Waals surface area contributed by atoms with E-state index in [0.717, 1.165) is 9.26 Å². The van der Waals surface area contributed by atoms with Crippen LogP contribution >= 0.6 is 22.6 Å². The molecule has 1 heterocycles. The van der Waals surface area contributed by atoms with Crippen LogP contribution < -0.4 is 0 Å². The molecule has 4 nitrogen and oxygen atoms in total. The van der Waals surface area contributed by atoms with Crippen molar-refractivity contribution in [3.8, 4) is 5.69 Å². The average molecular weight is 328 g/mol. The maximum Gasteiger partial charge on any atom is 0.339 e. The van der Waals surface area contributed by atoms with Gasteiger partial charge in [0.2, 0.25) is 0 Å². The quantitative estimate of drug-likeness (QED) is 0.627. The van der Waals surface area contributed by atoms with Crippen molar-refractivity contribution >= 4 is 28.6 Å². The van der Waals surface area contributed by atoms with Crippen LogP contribution in [-0.4, -0.2) is 22.9 Å². The van der Waals surface area contributed by atoms with E-state index >= 15 is 0 Å². The van der Waals surface area contributed by atoms with Crippen molar-refractivity contribution in [2.45, 2.75) is 0 Å². The number of halogens is 1. The Morgan fingerprint density at radius 3 is 2.94 bits per heavy atom. The first-order valence-corrected chi connectivity index (χ1v) is 5.68. The van der Waals surface area contributed by atoms with E-state index in [1.807, 2.05) is 24.4 Å². The highest BCUT2D eigenvalue weighted by Gasteiger charge is 2.11. The topological polar surface area (TPSA) is 44.1 Å². The van der Waals surface area contributed by atoms with E-state index in [2.05, 4.69) is 27.7 Å². The lowest BCUT2D eigenvalue weighted by atomic mass is 10.2. The van der Waals surface area contributed by atoms with Crippen molar-refractivity contribution in [1.82, 2.24) is 9.78 Å². The van der Waals surface area contributed by atoms with Crippen LogP contribution in [0.15, 0.2) is 36.7 Å². The molecule has 0 N–H and O–H groups in total.